The van der Waals surface area contributed by atoms with Gasteiger partial charge in [-0.1, -0.05) is 76.0 Å². The largest absolute Gasteiger partial charge is 0.0786 e. The minimum Gasteiger partial charge on any atom is -0.0786 e. The van der Waals surface area contributed by atoms with Gasteiger partial charge in [0.05, 0.1) is 4.83 Å². The molecule has 0 aliphatic rings. The van der Waals surface area contributed by atoms with E-state index in [1.54, 1.807) is 0 Å². The number of halogens is 2. The highest BCUT2D eigenvalue weighted by atomic mass is 79.9. The average Bonchev–Trinajstić information content (AvgIpc) is 2.37. The van der Waals surface area contributed by atoms with Crippen LogP contribution in [0.3, 0.4) is 0 Å². The summed E-state index contributed by atoms with van der Waals surface area (Å²) in [5, 5.41) is 0. The summed E-state index contributed by atoms with van der Waals surface area (Å²) in [7, 11) is 0. The van der Waals surface area contributed by atoms with Gasteiger partial charge in [0.15, 0.2) is 0 Å². The number of hydrogen-bond donors (Lipinski definition) is 0. The summed E-state index contributed by atoms with van der Waals surface area (Å²) in [6, 6.07) is 15.4. The maximum atomic E-state index is 3.80. The first-order chi connectivity index (χ1) is 8.97. The first kappa shape index (κ1) is 14.8. The summed E-state index contributed by atoms with van der Waals surface area (Å²) in [5.41, 5.74) is 5.23. The molecule has 0 aromatic heterocycles. The predicted molar refractivity (Wildman–Crippen MR) is 90.2 cm³/mol. The highest BCUT2D eigenvalue weighted by Crippen LogP contribution is 2.33. The Bertz CT molecular complexity index is 536. The Balaban J connectivity index is 2.30. The Hall–Kier alpha value is -0.600. The highest BCUT2D eigenvalue weighted by molar-refractivity contribution is 9.10. The van der Waals surface area contributed by atoms with Crippen molar-refractivity contribution in [3.05, 3.63) is 69.2 Å². The zero-order valence-electron chi connectivity index (χ0n) is 11.5. The van der Waals surface area contributed by atoms with Crippen LogP contribution in [-0.4, -0.2) is 0 Å². The smallest absolute Gasteiger partial charge is 0.0645 e. The van der Waals surface area contributed by atoms with Crippen molar-refractivity contribution < 1.29 is 0 Å². The zero-order chi connectivity index (χ0) is 14.0. The van der Waals surface area contributed by atoms with E-state index in [1.807, 2.05) is 0 Å². The van der Waals surface area contributed by atoms with E-state index in [9.17, 15) is 0 Å². The van der Waals surface area contributed by atoms with Crippen molar-refractivity contribution in [1.29, 1.82) is 0 Å². The normalized spacial score (nSPS) is 12.7. The van der Waals surface area contributed by atoms with E-state index in [4.69, 9.17) is 0 Å². The Morgan fingerprint density at radius 1 is 0.842 bits per heavy atom. The lowest BCUT2D eigenvalue weighted by Crippen LogP contribution is -1.95. The molecule has 0 radical (unpaired) electrons. The third-order valence-electron chi connectivity index (χ3n) is 3.25. The van der Waals surface area contributed by atoms with Crippen molar-refractivity contribution in [3.8, 4) is 0 Å². The third kappa shape index (κ3) is 3.70. The predicted octanol–water partition coefficient (Wildman–Crippen LogP) is 6.37. The molecular formula is C17H18Br2. The molecule has 0 aliphatic carbocycles. The molecule has 2 aromatic rings. The fourth-order valence-corrected chi connectivity index (χ4v) is 3.35. The minimum absolute atomic E-state index is 0.241. The van der Waals surface area contributed by atoms with Gasteiger partial charge in [-0.25, -0.2) is 0 Å². The second kappa shape index (κ2) is 6.23. The second-order valence-electron chi connectivity index (χ2n) is 5.25. The van der Waals surface area contributed by atoms with Crippen LogP contribution in [0.4, 0.5) is 0 Å². The van der Waals surface area contributed by atoms with E-state index >= 15 is 0 Å². The Morgan fingerprint density at radius 2 is 1.42 bits per heavy atom. The van der Waals surface area contributed by atoms with Gasteiger partial charge < -0.3 is 0 Å². The van der Waals surface area contributed by atoms with Gasteiger partial charge in [-0.3, -0.25) is 0 Å². The molecular weight excluding hydrogens is 364 g/mol. The van der Waals surface area contributed by atoms with Gasteiger partial charge in [-0.2, -0.15) is 0 Å². The van der Waals surface area contributed by atoms with Crippen molar-refractivity contribution in [2.24, 2.45) is 0 Å². The van der Waals surface area contributed by atoms with Gasteiger partial charge >= 0.3 is 0 Å². The van der Waals surface area contributed by atoms with Gasteiger partial charge in [0.2, 0.25) is 0 Å². The molecule has 1 atom stereocenters. The number of benzene rings is 2. The van der Waals surface area contributed by atoms with E-state index in [1.165, 1.54) is 22.3 Å². The summed E-state index contributed by atoms with van der Waals surface area (Å²) in [6.07, 6.45) is 0. The Labute approximate surface area is 132 Å². The Kier molecular flexibility index (Phi) is 4.86. The van der Waals surface area contributed by atoms with Crippen LogP contribution in [0.5, 0.6) is 0 Å². The molecule has 0 fully saturated rings. The molecule has 0 aliphatic heterocycles. The lowest BCUT2D eigenvalue weighted by Gasteiger charge is -2.14. The summed E-state index contributed by atoms with van der Waals surface area (Å²) in [5.74, 6) is 0.580. The summed E-state index contributed by atoms with van der Waals surface area (Å²) in [6.45, 7) is 6.56. The van der Waals surface area contributed by atoms with Gasteiger partial charge in [-0.05, 0) is 47.2 Å². The number of aryl methyl sites for hydroxylation is 1. The van der Waals surface area contributed by atoms with Crippen molar-refractivity contribution in [2.45, 2.75) is 31.5 Å². The van der Waals surface area contributed by atoms with Crippen LogP contribution in [-0.2, 0) is 0 Å². The van der Waals surface area contributed by atoms with E-state index in [-0.39, 0.29) is 4.83 Å². The fourth-order valence-electron chi connectivity index (χ4n) is 2.15. The van der Waals surface area contributed by atoms with Crippen LogP contribution in [0.2, 0.25) is 0 Å². The second-order valence-corrected chi connectivity index (χ2v) is 7.08. The Morgan fingerprint density at radius 3 is 1.95 bits per heavy atom. The first-order valence-electron chi connectivity index (χ1n) is 6.48. The SMILES string of the molecule is Cc1cc(Br)cc(C(Br)c2ccc(C(C)C)cc2)c1. The standard InChI is InChI=1S/C17H18Br2/c1-11(2)13-4-6-14(7-5-13)17(19)15-8-12(3)9-16(18)10-15/h4-11,17H,1-3H3. The molecule has 2 heteroatoms. The number of rotatable bonds is 3. The van der Waals surface area contributed by atoms with Crippen molar-refractivity contribution in [2.75, 3.05) is 0 Å². The summed E-state index contributed by atoms with van der Waals surface area (Å²) in [4.78, 5) is 0.241. The van der Waals surface area contributed by atoms with Gasteiger partial charge in [-0.15, -0.1) is 0 Å². The molecule has 19 heavy (non-hydrogen) atoms. The molecule has 0 bridgehead atoms. The molecule has 0 heterocycles. The van der Waals surface area contributed by atoms with Crippen molar-refractivity contribution in [1.82, 2.24) is 0 Å². The molecule has 0 nitrogen and oxygen atoms in total. The topological polar surface area (TPSA) is 0 Å². The highest BCUT2D eigenvalue weighted by Gasteiger charge is 2.11. The molecule has 100 valence electrons. The molecule has 1 unspecified atom stereocenters. The van der Waals surface area contributed by atoms with Crippen LogP contribution < -0.4 is 0 Å². The number of alkyl halides is 1. The lowest BCUT2D eigenvalue weighted by molar-refractivity contribution is 0.865. The van der Waals surface area contributed by atoms with E-state index in [0.29, 0.717) is 5.92 Å². The minimum atomic E-state index is 0.241. The maximum Gasteiger partial charge on any atom is 0.0645 e. The van der Waals surface area contributed by atoms with E-state index in [0.717, 1.165) is 4.47 Å². The number of hydrogen-bond acceptors (Lipinski definition) is 0. The fraction of sp³-hybridized carbons (Fsp3) is 0.294. The first-order valence-corrected chi connectivity index (χ1v) is 8.19. The molecule has 0 N–H and O–H groups in total. The molecule has 0 saturated heterocycles. The average molecular weight is 382 g/mol. The third-order valence-corrected chi connectivity index (χ3v) is 4.77. The van der Waals surface area contributed by atoms with Crippen LogP contribution in [0, 0.1) is 6.92 Å². The van der Waals surface area contributed by atoms with Crippen LogP contribution in [0.25, 0.3) is 0 Å². The molecule has 0 spiro atoms. The summed E-state index contributed by atoms with van der Waals surface area (Å²) >= 11 is 7.37. The van der Waals surface area contributed by atoms with Gasteiger partial charge in [0, 0.05) is 4.47 Å². The van der Waals surface area contributed by atoms with Crippen LogP contribution in [0.1, 0.15) is 46.8 Å². The molecule has 2 rings (SSSR count). The van der Waals surface area contributed by atoms with Crippen LogP contribution in [0.15, 0.2) is 46.9 Å². The van der Waals surface area contributed by atoms with Crippen LogP contribution >= 0.6 is 31.9 Å². The van der Waals surface area contributed by atoms with Gasteiger partial charge in [0.25, 0.3) is 0 Å². The van der Waals surface area contributed by atoms with Crippen molar-refractivity contribution in [3.63, 3.8) is 0 Å². The van der Waals surface area contributed by atoms with E-state index in [2.05, 4.69) is 95.1 Å². The van der Waals surface area contributed by atoms with E-state index < -0.39 is 0 Å². The zero-order valence-corrected chi connectivity index (χ0v) is 14.6. The maximum absolute atomic E-state index is 3.80. The quantitative estimate of drug-likeness (QED) is 0.542. The van der Waals surface area contributed by atoms with Crippen molar-refractivity contribution >= 4 is 31.9 Å². The molecule has 2 aromatic carbocycles. The lowest BCUT2D eigenvalue weighted by atomic mass is 9.98. The molecule has 0 saturated carbocycles. The summed E-state index contributed by atoms with van der Waals surface area (Å²) < 4.78 is 1.13. The van der Waals surface area contributed by atoms with Gasteiger partial charge in [0.1, 0.15) is 0 Å². The monoisotopic (exact) mass is 380 g/mol. The molecule has 0 amide bonds.